The van der Waals surface area contributed by atoms with E-state index in [1.807, 2.05) is 0 Å². The van der Waals surface area contributed by atoms with Crippen LogP contribution in [0.1, 0.15) is 24.8 Å². The largest absolute Gasteiger partial charge is 0.501 e. The molecule has 0 atom stereocenters. The molecule has 0 bridgehead atoms. The smallest absolute Gasteiger partial charge is 0.252 e. The van der Waals surface area contributed by atoms with Crippen molar-refractivity contribution in [1.82, 2.24) is 9.80 Å². The molecule has 2 aliphatic heterocycles. The molecule has 0 spiro atoms. The number of amides is 2. The fourth-order valence-corrected chi connectivity index (χ4v) is 3.23. The van der Waals surface area contributed by atoms with Gasteiger partial charge in [0.05, 0.1) is 24.9 Å². The Bertz CT molecular complexity index is 674. The van der Waals surface area contributed by atoms with Crippen LogP contribution < -0.4 is 0 Å². The first-order valence-corrected chi connectivity index (χ1v) is 8.75. The van der Waals surface area contributed by atoms with Crippen molar-refractivity contribution in [2.75, 3.05) is 32.8 Å². The van der Waals surface area contributed by atoms with Crippen LogP contribution in [0.15, 0.2) is 36.1 Å². The molecule has 0 aromatic heterocycles. The highest BCUT2D eigenvalue weighted by atomic mass is 19.1. The molecule has 0 N–H and O–H groups in total. The summed E-state index contributed by atoms with van der Waals surface area (Å²) in [5, 5.41) is 0. The van der Waals surface area contributed by atoms with Crippen LogP contribution in [0, 0.1) is 5.82 Å². The quantitative estimate of drug-likeness (QED) is 0.842. The standard InChI is InChI=1S/C19H23FN2O3/c20-17-6-1-4-15(12-17)13-18(23)21-7-3-8-22(10-9-21)19(24)16-5-2-11-25-14-16/h1,4,6,12,14H,2-3,5,7-11,13H2. The molecule has 25 heavy (non-hydrogen) atoms. The summed E-state index contributed by atoms with van der Waals surface area (Å²) >= 11 is 0. The summed E-state index contributed by atoms with van der Waals surface area (Å²) in [4.78, 5) is 28.6. The summed E-state index contributed by atoms with van der Waals surface area (Å²) in [6.07, 6.45) is 4.12. The lowest BCUT2D eigenvalue weighted by molar-refractivity contribution is -0.131. The zero-order valence-corrected chi connectivity index (χ0v) is 14.2. The minimum Gasteiger partial charge on any atom is -0.501 e. The molecule has 1 fully saturated rings. The molecule has 2 amide bonds. The van der Waals surface area contributed by atoms with Gasteiger partial charge in [-0.2, -0.15) is 0 Å². The molecule has 0 radical (unpaired) electrons. The molecule has 3 rings (SSSR count). The summed E-state index contributed by atoms with van der Waals surface area (Å²) in [7, 11) is 0. The van der Waals surface area contributed by atoms with E-state index in [2.05, 4.69) is 0 Å². The Kier molecular flexibility index (Phi) is 5.68. The number of ether oxygens (including phenoxy) is 1. The van der Waals surface area contributed by atoms with Crippen LogP contribution in [0.3, 0.4) is 0 Å². The number of hydrogen-bond donors (Lipinski definition) is 0. The Hall–Kier alpha value is -2.37. The van der Waals surface area contributed by atoms with Crippen molar-refractivity contribution >= 4 is 11.8 Å². The fourth-order valence-electron chi connectivity index (χ4n) is 3.23. The van der Waals surface area contributed by atoms with Crippen LogP contribution in [-0.2, 0) is 20.7 Å². The van der Waals surface area contributed by atoms with Crippen molar-refractivity contribution in [3.63, 3.8) is 0 Å². The van der Waals surface area contributed by atoms with Crippen LogP contribution in [0.25, 0.3) is 0 Å². The second-order valence-corrected chi connectivity index (χ2v) is 6.45. The Morgan fingerprint density at radius 3 is 2.64 bits per heavy atom. The maximum Gasteiger partial charge on any atom is 0.252 e. The van der Waals surface area contributed by atoms with Gasteiger partial charge in [-0.25, -0.2) is 4.39 Å². The van der Waals surface area contributed by atoms with Gasteiger partial charge in [0.15, 0.2) is 0 Å². The van der Waals surface area contributed by atoms with Gasteiger partial charge in [0, 0.05) is 26.2 Å². The Morgan fingerprint density at radius 2 is 1.88 bits per heavy atom. The lowest BCUT2D eigenvalue weighted by Crippen LogP contribution is -2.38. The Balaban J connectivity index is 1.56. The number of hydrogen-bond acceptors (Lipinski definition) is 3. The molecule has 5 nitrogen and oxygen atoms in total. The summed E-state index contributed by atoms with van der Waals surface area (Å²) in [6, 6.07) is 6.12. The van der Waals surface area contributed by atoms with Gasteiger partial charge in [0.2, 0.25) is 5.91 Å². The van der Waals surface area contributed by atoms with Gasteiger partial charge in [-0.05, 0) is 37.0 Å². The van der Waals surface area contributed by atoms with Crippen LogP contribution in [0.2, 0.25) is 0 Å². The van der Waals surface area contributed by atoms with Gasteiger partial charge < -0.3 is 14.5 Å². The molecule has 1 aromatic rings. The van der Waals surface area contributed by atoms with Gasteiger partial charge in [0.1, 0.15) is 5.82 Å². The first-order chi connectivity index (χ1) is 12.1. The summed E-state index contributed by atoms with van der Waals surface area (Å²) in [5.74, 6) is -0.347. The molecule has 0 unspecified atom stereocenters. The minimum absolute atomic E-state index is 0.0131. The highest BCUT2D eigenvalue weighted by Gasteiger charge is 2.25. The summed E-state index contributed by atoms with van der Waals surface area (Å²) in [5.41, 5.74) is 1.39. The topological polar surface area (TPSA) is 49.9 Å². The SMILES string of the molecule is O=C(Cc1cccc(F)c1)N1CCCN(C(=O)C2=COCCC2)CC1. The van der Waals surface area contributed by atoms with Crippen molar-refractivity contribution in [1.29, 1.82) is 0 Å². The average molecular weight is 346 g/mol. The number of nitrogens with zero attached hydrogens (tertiary/aromatic N) is 2. The van der Waals surface area contributed by atoms with Crippen molar-refractivity contribution < 1.29 is 18.7 Å². The van der Waals surface area contributed by atoms with E-state index >= 15 is 0 Å². The minimum atomic E-state index is -0.332. The second-order valence-electron chi connectivity index (χ2n) is 6.45. The van der Waals surface area contributed by atoms with E-state index in [-0.39, 0.29) is 24.1 Å². The molecule has 2 heterocycles. The van der Waals surface area contributed by atoms with Crippen LogP contribution in [0.5, 0.6) is 0 Å². The fraction of sp³-hybridized carbons (Fsp3) is 0.474. The van der Waals surface area contributed by atoms with Crippen molar-refractivity contribution in [2.45, 2.75) is 25.7 Å². The van der Waals surface area contributed by atoms with Gasteiger partial charge in [-0.15, -0.1) is 0 Å². The van der Waals surface area contributed by atoms with E-state index in [0.717, 1.165) is 19.3 Å². The average Bonchev–Trinajstić information content (AvgIpc) is 2.88. The molecule has 1 saturated heterocycles. The van der Waals surface area contributed by atoms with Crippen LogP contribution in [0.4, 0.5) is 4.39 Å². The molecule has 1 aromatic carbocycles. The monoisotopic (exact) mass is 346 g/mol. The zero-order chi connectivity index (χ0) is 17.6. The van der Waals surface area contributed by atoms with E-state index in [4.69, 9.17) is 4.74 Å². The van der Waals surface area contributed by atoms with E-state index in [1.165, 1.54) is 12.1 Å². The molecule has 134 valence electrons. The predicted molar refractivity (Wildman–Crippen MR) is 91.2 cm³/mol. The van der Waals surface area contributed by atoms with E-state index in [0.29, 0.717) is 43.9 Å². The van der Waals surface area contributed by atoms with Gasteiger partial charge in [-0.3, -0.25) is 9.59 Å². The first kappa shape index (κ1) is 17.5. The Morgan fingerprint density at radius 1 is 1.08 bits per heavy atom. The normalized spacial score (nSPS) is 18.2. The van der Waals surface area contributed by atoms with E-state index in [9.17, 15) is 14.0 Å². The maximum atomic E-state index is 13.3. The molecule has 0 aliphatic carbocycles. The lowest BCUT2D eigenvalue weighted by Gasteiger charge is -2.24. The van der Waals surface area contributed by atoms with E-state index in [1.54, 1.807) is 28.2 Å². The number of rotatable bonds is 3. The first-order valence-electron chi connectivity index (χ1n) is 8.75. The van der Waals surface area contributed by atoms with Crippen LogP contribution >= 0.6 is 0 Å². The number of carbonyl (C=O) groups is 2. The van der Waals surface area contributed by atoms with E-state index < -0.39 is 0 Å². The van der Waals surface area contributed by atoms with Gasteiger partial charge >= 0.3 is 0 Å². The number of halogens is 1. The summed E-state index contributed by atoms with van der Waals surface area (Å²) < 4.78 is 18.5. The number of benzene rings is 1. The lowest BCUT2D eigenvalue weighted by atomic mass is 10.1. The van der Waals surface area contributed by atoms with Gasteiger partial charge in [0.25, 0.3) is 5.91 Å². The van der Waals surface area contributed by atoms with Crippen molar-refractivity contribution in [3.8, 4) is 0 Å². The molecule has 2 aliphatic rings. The van der Waals surface area contributed by atoms with Crippen LogP contribution in [-0.4, -0.2) is 54.4 Å². The number of carbonyl (C=O) groups excluding carboxylic acids is 2. The zero-order valence-electron chi connectivity index (χ0n) is 14.2. The third kappa shape index (κ3) is 4.59. The predicted octanol–water partition coefficient (Wildman–Crippen LogP) is 2.12. The molecule has 0 saturated carbocycles. The summed E-state index contributed by atoms with van der Waals surface area (Å²) in [6.45, 7) is 2.95. The molecule has 6 heteroatoms. The molecular weight excluding hydrogens is 323 g/mol. The Labute approximate surface area is 147 Å². The molecular formula is C19H23FN2O3. The van der Waals surface area contributed by atoms with Crippen molar-refractivity contribution in [3.05, 3.63) is 47.5 Å². The van der Waals surface area contributed by atoms with Gasteiger partial charge in [-0.1, -0.05) is 12.1 Å². The third-order valence-corrected chi connectivity index (χ3v) is 4.59. The van der Waals surface area contributed by atoms with Crippen molar-refractivity contribution in [2.24, 2.45) is 0 Å². The third-order valence-electron chi connectivity index (χ3n) is 4.59. The highest BCUT2D eigenvalue weighted by molar-refractivity contribution is 5.93. The second kappa shape index (κ2) is 8.14. The highest BCUT2D eigenvalue weighted by Crippen LogP contribution is 2.16. The maximum absolute atomic E-state index is 13.3.